The van der Waals surface area contributed by atoms with Gasteiger partial charge in [0.15, 0.2) is 6.61 Å². The number of fused-ring (bicyclic) bond motifs is 1. The van der Waals surface area contributed by atoms with E-state index in [4.69, 9.17) is 9.47 Å². The maximum absolute atomic E-state index is 13.4. The SMILES string of the molecule is Cc1cc(S(=O)(=O)N2CCCc3ccccc32)ccc1OCC(=O)NCc1ccc(S(=O)(=O)N2CCOCC2)cc1. The normalized spacial score (nSPS) is 16.2. The number of ether oxygens (including phenoxy) is 2. The summed E-state index contributed by atoms with van der Waals surface area (Å²) in [5, 5.41) is 2.76. The minimum atomic E-state index is -3.75. The Morgan fingerprint density at radius 3 is 2.34 bits per heavy atom. The van der Waals surface area contributed by atoms with Crippen LogP contribution in [0.15, 0.2) is 76.5 Å². The van der Waals surface area contributed by atoms with Gasteiger partial charge in [-0.2, -0.15) is 4.31 Å². The Morgan fingerprint density at radius 1 is 0.902 bits per heavy atom. The maximum atomic E-state index is 13.4. The molecule has 2 heterocycles. The van der Waals surface area contributed by atoms with Gasteiger partial charge in [0.1, 0.15) is 5.75 Å². The molecule has 1 amide bonds. The number of carbonyl (C=O) groups excluding carboxylic acids is 1. The molecule has 3 aromatic carbocycles. The highest BCUT2D eigenvalue weighted by molar-refractivity contribution is 7.92. The van der Waals surface area contributed by atoms with Crippen LogP contribution >= 0.6 is 0 Å². The van der Waals surface area contributed by atoms with E-state index in [9.17, 15) is 21.6 Å². The van der Waals surface area contributed by atoms with E-state index in [1.54, 1.807) is 31.2 Å². The molecule has 41 heavy (non-hydrogen) atoms. The Morgan fingerprint density at radius 2 is 1.61 bits per heavy atom. The average Bonchev–Trinajstić information content (AvgIpc) is 2.99. The molecule has 10 nitrogen and oxygen atoms in total. The van der Waals surface area contributed by atoms with Gasteiger partial charge in [0.25, 0.3) is 15.9 Å². The number of sulfonamides is 2. The fourth-order valence-corrected chi connectivity index (χ4v) is 7.97. The van der Waals surface area contributed by atoms with Crippen molar-refractivity contribution in [3.05, 3.63) is 83.4 Å². The summed E-state index contributed by atoms with van der Waals surface area (Å²) >= 11 is 0. The first-order chi connectivity index (χ1) is 19.7. The molecule has 0 aromatic heterocycles. The Hall–Kier alpha value is -3.45. The molecule has 12 heteroatoms. The number of hydrogen-bond acceptors (Lipinski definition) is 7. The maximum Gasteiger partial charge on any atom is 0.264 e. The van der Waals surface area contributed by atoms with Crippen molar-refractivity contribution in [2.24, 2.45) is 0 Å². The Kier molecular flexibility index (Phi) is 8.64. The van der Waals surface area contributed by atoms with Crippen LogP contribution in [0.1, 0.15) is 23.1 Å². The number of nitrogens with zero attached hydrogens (tertiary/aromatic N) is 2. The van der Waals surface area contributed by atoms with Crippen molar-refractivity contribution in [2.45, 2.75) is 36.1 Å². The molecule has 0 unspecified atom stereocenters. The molecule has 0 bridgehead atoms. The van der Waals surface area contributed by atoms with Gasteiger partial charge in [-0.25, -0.2) is 16.8 Å². The minimum absolute atomic E-state index is 0.169. The van der Waals surface area contributed by atoms with Gasteiger partial charge in [0, 0.05) is 26.2 Å². The van der Waals surface area contributed by atoms with Gasteiger partial charge in [0.05, 0.1) is 28.7 Å². The zero-order chi connectivity index (χ0) is 29.0. The molecule has 0 spiro atoms. The average molecular weight is 600 g/mol. The lowest BCUT2D eigenvalue weighted by Crippen LogP contribution is -2.40. The third-order valence-electron chi connectivity index (χ3n) is 7.18. The fraction of sp³-hybridized carbons (Fsp3) is 0.345. The smallest absolute Gasteiger partial charge is 0.264 e. The highest BCUT2D eigenvalue weighted by Crippen LogP contribution is 2.33. The van der Waals surface area contributed by atoms with Gasteiger partial charge in [-0.05, 0) is 72.9 Å². The van der Waals surface area contributed by atoms with Crippen molar-refractivity contribution in [1.82, 2.24) is 9.62 Å². The number of anilines is 1. The molecule has 0 aliphatic carbocycles. The fourth-order valence-electron chi connectivity index (χ4n) is 4.93. The zero-order valence-electron chi connectivity index (χ0n) is 22.8. The summed E-state index contributed by atoms with van der Waals surface area (Å²) in [7, 11) is -7.33. The van der Waals surface area contributed by atoms with E-state index in [-0.39, 0.29) is 28.8 Å². The van der Waals surface area contributed by atoms with E-state index in [0.29, 0.717) is 49.8 Å². The van der Waals surface area contributed by atoms with Gasteiger partial charge in [0.2, 0.25) is 10.0 Å². The van der Waals surface area contributed by atoms with Crippen LogP contribution in [0.4, 0.5) is 5.69 Å². The van der Waals surface area contributed by atoms with Crippen molar-refractivity contribution in [3.8, 4) is 5.75 Å². The molecule has 5 rings (SSSR count). The number of amides is 1. The number of para-hydroxylation sites is 1. The first-order valence-corrected chi connectivity index (χ1v) is 16.3. The van der Waals surface area contributed by atoms with Crippen molar-refractivity contribution in [2.75, 3.05) is 43.8 Å². The lowest BCUT2D eigenvalue weighted by Gasteiger charge is -2.30. The van der Waals surface area contributed by atoms with Gasteiger partial charge in [-0.15, -0.1) is 0 Å². The van der Waals surface area contributed by atoms with Crippen molar-refractivity contribution < 1.29 is 31.1 Å². The summed E-state index contributed by atoms with van der Waals surface area (Å²) in [6.07, 6.45) is 1.60. The highest BCUT2D eigenvalue weighted by atomic mass is 32.2. The molecule has 0 saturated carbocycles. The summed E-state index contributed by atoms with van der Waals surface area (Å²) < 4.78 is 66.2. The molecule has 1 N–H and O–H groups in total. The minimum Gasteiger partial charge on any atom is -0.484 e. The summed E-state index contributed by atoms with van der Waals surface area (Å²) in [5.74, 6) is 0.0480. The lowest BCUT2D eigenvalue weighted by molar-refractivity contribution is -0.123. The number of morpholine rings is 1. The van der Waals surface area contributed by atoms with Crippen LogP contribution in [-0.4, -0.2) is 66.5 Å². The number of aryl methyl sites for hydroxylation is 2. The van der Waals surface area contributed by atoms with E-state index in [0.717, 1.165) is 24.0 Å². The summed E-state index contributed by atoms with van der Waals surface area (Å²) in [6.45, 7) is 3.51. The molecule has 0 atom stereocenters. The molecule has 3 aromatic rings. The van der Waals surface area contributed by atoms with Crippen LogP contribution in [0, 0.1) is 6.92 Å². The summed E-state index contributed by atoms with van der Waals surface area (Å²) in [4.78, 5) is 12.8. The van der Waals surface area contributed by atoms with Crippen LogP contribution < -0.4 is 14.4 Å². The molecule has 1 saturated heterocycles. The van der Waals surface area contributed by atoms with Crippen LogP contribution in [0.3, 0.4) is 0 Å². The van der Waals surface area contributed by atoms with Crippen LogP contribution in [0.2, 0.25) is 0 Å². The Balaban J connectivity index is 1.16. The van der Waals surface area contributed by atoms with Gasteiger partial charge >= 0.3 is 0 Å². The second-order valence-electron chi connectivity index (χ2n) is 9.96. The number of nitrogens with one attached hydrogen (secondary N) is 1. The lowest BCUT2D eigenvalue weighted by atomic mass is 10.0. The van der Waals surface area contributed by atoms with E-state index in [2.05, 4.69) is 5.32 Å². The Bertz CT molecular complexity index is 1620. The second-order valence-corrected chi connectivity index (χ2v) is 13.8. The largest absolute Gasteiger partial charge is 0.484 e. The number of hydrogen-bond donors (Lipinski definition) is 1. The first-order valence-electron chi connectivity index (χ1n) is 13.4. The van der Waals surface area contributed by atoms with Crippen molar-refractivity contribution in [3.63, 3.8) is 0 Å². The summed E-state index contributed by atoms with van der Waals surface area (Å²) in [5.41, 5.74) is 3.06. The van der Waals surface area contributed by atoms with E-state index >= 15 is 0 Å². The van der Waals surface area contributed by atoms with E-state index in [1.165, 1.54) is 26.8 Å². The van der Waals surface area contributed by atoms with Crippen molar-refractivity contribution >= 4 is 31.6 Å². The first kappa shape index (κ1) is 29.1. The third kappa shape index (κ3) is 6.40. The molecular weight excluding hydrogens is 566 g/mol. The topological polar surface area (TPSA) is 122 Å². The molecule has 0 radical (unpaired) electrons. The predicted molar refractivity (Wildman–Crippen MR) is 154 cm³/mol. The molecule has 1 fully saturated rings. The van der Waals surface area contributed by atoms with Crippen molar-refractivity contribution in [1.29, 1.82) is 0 Å². The third-order valence-corrected chi connectivity index (χ3v) is 10.9. The van der Waals surface area contributed by atoms with E-state index < -0.39 is 20.0 Å². The van der Waals surface area contributed by atoms with Gasteiger partial charge in [-0.1, -0.05) is 30.3 Å². The number of carbonyl (C=O) groups is 1. The molecule has 2 aliphatic rings. The summed E-state index contributed by atoms with van der Waals surface area (Å²) in [6, 6.07) is 18.6. The number of benzene rings is 3. The van der Waals surface area contributed by atoms with E-state index in [1.807, 2.05) is 24.3 Å². The second kappa shape index (κ2) is 12.2. The van der Waals surface area contributed by atoms with Gasteiger partial charge < -0.3 is 14.8 Å². The monoisotopic (exact) mass is 599 g/mol. The predicted octanol–water partition coefficient (Wildman–Crippen LogP) is 2.85. The quantitative estimate of drug-likeness (QED) is 0.401. The molecule has 218 valence electrons. The van der Waals surface area contributed by atoms with Crippen LogP contribution in [0.5, 0.6) is 5.75 Å². The van der Waals surface area contributed by atoms with Crippen LogP contribution in [0.25, 0.3) is 0 Å². The van der Waals surface area contributed by atoms with Crippen LogP contribution in [-0.2, 0) is 42.5 Å². The molecule has 2 aliphatic heterocycles. The Labute approximate surface area is 241 Å². The highest BCUT2D eigenvalue weighted by Gasteiger charge is 2.29. The zero-order valence-corrected chi connectivity index (χ0v) is 24.4. The van der Waals surface area contributed by atoms with Gasteiger partial charge in [-0.3, -0.25) is 9.10 Å². The molecular formula is C29H33N3O7S2. The standard InChI is InChI=1S/C29H33N3O7S2/c1-22-19-26(41(36,37)32-14-4-6-24-5-2-3-7-27(24)32)12-13-28(22)39-21-29(33)30-20-23-8-10-25(11-9-23)40(34,35)31-15-17-38-18-16-31/h2-3,5,7-13,19H,4,6,14-18,20-21H2,1H3,(H,30,33). The number of rotatable bonds is 9.